The van der Waals surface area contributed by atoms with Gasteiger partial charge in [0.2, 0.25) is 11.8 Å². The molecule has 0 fully saturated rings. The largest absolute Gasteiger partial charge is 0.497 e. The van der Waals surface area contributed by atoms with E-state index >= 15 is 0 Å². The quantitative estimate of drug-likeness (QED) is 0.251. The molecule has 43 heavy (non-hydrogen) atoms. The van der Waals surface area contributed by atoms with E-state index in [1.807, 2.05) is 19.9 Å². The molecule has 0 aliphatic heterocycles. The summed E-state index contributed by atoms with van der Waals surface area (Å²) >= 11 is 0. The van der Waals surface area contributed by atoms with Crippen LogP contribution in [0.2, 0.25) is 0 Å². The number of ether oxygens (including phenoxy) is 3. The number of sulfonamides is 1. The molecule has 232 valence electrons. The Kier molecular flexibility index (Phi) is 11.8. The molecule has 2 amide bonds. The van der Waals surface area contributed by atoms with E-state index < -0.39 is 28.5 Å². The van der Waals surface area contributed by atoms with Crippen LogP contribution in [0.15, 0.2) is 71.6 Å². The maximum Gasteiger partial charge on any atom is 0.264 e. The van der Waals surface area contributed by atoms with Gasteiger partial charge in [-0.05, 0) is 62.2 Å². The van der Waals surface area contributed by atoms with E-state index in [1.54, 1.807) is 56.5 Å². The first-order chi connectivity index (χ1) is 20.5. The topological polar surface area (TPSA) is 114 Å². The number of rotatable bonds is 15. The Bertz CT molecular complexity index is 1490. The van der Waals surface area contributed by atoms with Crippen molar-refractivity contribution in [1.82, 2.24) is 10.2 Å². The van der Waals surface area contributed by atoms with Crippen LogP contribution in [0.1, 0.15) is 37.8 Å². The van der Waals surface area contributed by atoms with Gasteiger partial charge in [0.15, 0.2) is 11.5 Å². The lowest BCUT2D eigenvalue weighted by atomic mass is 10.1. The summed E-state index contributed by atoms with van der Waals surface area (Å²) in [5.74, 6) is 0.324. The van der Waals surface area contributed by atoms with E-state index in [-0.39, 0.29) is 23.1 Å². The molecule has 0 aliphatic rings. The second-order valence-electron chi connectivity index (χ2n) is 10.1. The zero-order valence-corrected chi connectivity index (χ0v) is 26.4. The predicted octanol–water partition coefficient (Wildman–Crippen LogP) is 4.55. The molecule has 0 bridgehead atoms. The molecule has 10 nitrogen and oxygen atoms in total. The number of carbonyl (C=O) groups is 2. The van der Waals surface area contributed by atoms with Crippen LogP contribution in [0.25, 0.3) is 0 Å². The second-order valence-corrected chi connectivity index (χ2v) is 11.9. The van der Waals surface area contributed by atoms with Crippen LogP contribution in [0.3, 0.4) is 0 Å². The number of amides is 2. The molecule has 3 rings (SSSR count). The van der Waals surface area contributed by atoms with Crippen molar-refractivity contribution >= 4 is 27.5 Å². The maximum atomic E-state index is 14.1. The lowest BCUT2D eigenvalue weighted by Gasteiger charge is -2.32. The molecule has 1 N–H and O–H groups in total. The van der Waals surface area contributed by atoms with Crippen molar-refractivity contribution in [3.63, 3.8) is 0 Å². The molecule has 1 atom stereocenters. The minimum Gasteiger partial charge on any atom is -0.497 e. The predicted molar refractivity (Wildman–Crippen MR) is 166 cm³/mol. The van der Waals surface area contributed by atoms with E-state index in [1.165, 1.54) is 37.3 Å². The molecule has 0 heterocycles. The highest BCUT2D eigenvalue weighted by Gasteiger charge is 2.33. The summed E-state index contributed by atoms with van der Waals surface area (Å²) in [6.45, 7) is 5.54. The van der Waals surface area contributed by atoms with Crippen molar-refractivity contribution < 1.29 is 32.2 Å². The van der Waals surface area contributed by atoms with Gasteiger partial charge in [-0.2, -0.15) is 0 Å². The lowest BCUT2D eigenvalue weighted by molar-refractivity contribution is -0.139. The van der Waals surface area contributed by atoms with Gasteiger partial charge in [0.25, 0.3) is 10.0 Å². The van der Waals surface area contributed by atoms with E-state index in [0.29, 0.717) is 23.7 Å². The normalized spacial score (nSPS) is 11.8. The van der Waals surface area contributed by atoms with E-state index in [2.05, 4.69) is 5.32 Å². The number of methoxy groups -OCH3 is 3. The first-order valence-corrected chi connectivity index (χ1v) is 15.5. The summed E-state index contributed by atoms with van der Waals surface area (Å²) in [5.41, 5.74) is 1.95. The molecular weight excluding hydrogens is 570 g/mol. The van der Waals surface area contributed by atoms with Gasteiger partial charge in [0, 0.05) is 19.2 Å². The summed E-state index contributed by atoms with van der Waals surface area (Å²) in [7, 11) is 0.149. The number of nitrogens with zero attached hydrogens (tertiary/aromatic N) is 2. The van der Waals surface area contributed by atoms with Crippen LogP contribution in [0.4, 0.5) is 5.69 Å². The number of unbranched alkanes of at least 4 members (excludes halogenated alkanes) is 1. The molecule has 11 heteroatoms. The smallest absolute Gasteiger partial charge is 0.264 e. The number of carbonyl (C=O) groups excluding carboxylic acids is 2. The fourth-order valence-electron chi connectivity index (χ4n) is 4.43. The SMILES string of the molecule is CCCCNC(=O)[C@@H](C)N(Cc1cccc(OC)c1)C(=O)CN(c1ccc(C)cc1)S(=O)(=O)c1ccc(OC)c(OC)c1. The minimum atomic E-state index is -4.27. The summed E-state index contributed by atoms with van der Waals surface area (Å²) in [6.07, 6.45) is 1.70. The van der Waals surface area contributed by atoms with Crippen LogP contribution in [0, 0.1) is 6.92 Å². The average molecular weight is 612 g/mol. The second kappa shape index (κ2) is 15.3. The van der Waals surface area contributed by atoms with Crippen molar-refractivity contribution in [2.75, 3.05) is 38.7 Å². The first-order valence-electron chi connectivity index (χ1n) is 14.1. The third-order valence-corrected chi connectivity index (χ3v) is 8.80. The third kappa shape index (κ3) is 8.41. The highest BCUT2D eigenvalue weighted by molar-refractivity contribution is 7.92. The highest BCUT2D eigenvalue weighted by atomic mass is 32.2. The Labute approximate surface area is 254 Å². The van der Waals surface area contributed by atoms with Crippen molar-refractivity contribution in [1.29, 1.82) is 0 Å². The van der Waals surface area contributed by atoms with Crippen LogP contribution in [-0.2, 0) is 26.2 Å². The van der Waals surface area contributed by atoms with Gasteiger partial charge < -0.3 is 24.4 Å². The van der Waals surface area contributed by atoms with Gasteiger partial charge in [-0.1, -0.05) is 43.2 Å². The molecule has 3 aromatic carbocycles. The average Bonchev–Trinajstić information content (AvgIpc) is 3.02. The van der Waals surface area contributed by atoms with Crippen molar-refractivity contribution in [3.8, 4) is 17.2 Å². The van der Waals surface area contributed by atoms with Crippen LogP contribution in [-0.4, -0.2) is 65.6 Å². The molecule has 0 saturated carbocycles. The number of hydrogen-bond donors (Lipinski definition) is 1. The Balaban J connectivity index is 2.05. The molecule has 0 aliphatic carbocycles. The van der Waals surface area contributed by atoms with Gasteiger partial charge >= 0.3 is 0 Å². The van der Waals surface area contributed by atoms with Crippen LogP contribution >= 0.6 is 0 Å². The Morgan fingerprint density at radius 3 is 2.23 bits per heavy atom. The molecule has 3 aromatic rings. The minimum absolute atomic E-state index is 0.0660. The molecule has 0 aromatic heterocycles. The third-order valence-electron chi connectivity index (χ3n) is 7.03. The van der Waals surface area contributed by atoms with Gasteiger partial charge in [0.05, 0.1) is 31.9 Å². The Morgan fingerprint density at radius 1 is 0.907 bits per heavy atom. The number of aryl methyl sites for hydroxylation is 1. The van der Waals surface area contributed by atoms with Crippen molar-refractivity contribution in [2.24, 2.45) is 0 Å². The highest BCUT2D eigenvalue weighted by Crippen LogP contribution is 2.32. The summed E-state index contributed by atoms with van der Waals surface area (Å²) in [4.78, 5) is 28.5. The van der Waals surface area contributed by atoms with E-state index in [9.17, 15) is 18.0 Å². The summed E-state index contributed by atoms with van der Waals surface area (Å²) in [5, 5.41) is 2.88. The standard InChI is InChI=1S/C32H41N3O7S/c1-7-8-18-33-32(37)24(3)34(21-25-10-9-11-27(19-25)40-4)31(36)22-35(26-14-12-23(2)13-15-26)43(38,39)28-16-17-29(41-5)30(20-28)42-6/h9-17,19-20,24H,7-8,18,21-22H2,1-6H3,(H,33,37)/t24-/m1/s1. The molecule has 0 radical (unpaired) electrons. The van der Waals surface area contributed by atoms with Gasteiger partial charge in [-0.3, -0.25) is 13.9 Å². The van der Waals surface area contributed by atoms with Crippen molar-refractivity contribution in [3.05, 3.63) is 77.9 Å². The Hall–Kier alpha value is -4.25. The van der Waals surface area contributed by atoms with Gasteiger partial charge in [0.1, 0.15) is 18.3 Å². The van der Waals surface area contributed by atoms with Crippen molar-refractivity contribution in [2.45, 2.75) is 51.1 Å². The van der Waals surface area contributed by atoms with Crippen LogP contribution in [0.5, 0.6) is 17.2 Å². The summed E-state index contributed by atoms with van der Waals surface area (Å²) in [6, 6.07) is 17.4. The zero-order valence-electron chi connectivity index (χ0n) is 25.6. The number of benzene rings is 3. The fourth-order valence-corrected chi connectivity index (χ4v) is 5.86. The van der Waals surface area contributed by atoms with Gasteiger partial charge in [-0.25, -0.2) is 8.42 Å². The molecule has 0 spiro atoms. The van der Waals surface area contributed by atoms with E-state index in [4.69, 9.17) is 14.2 Å². The lowest BCUT2D eigenvalue weighted by Crippen LogP contribution is -2.51. The maximum absolute atomic E-state index is 14.1. The Morgan fingerprint density at radius 2 is 1.60 bits per heavy atom. The molecule has 0 saturated heterocycles. The summed E-state index contributed by atoms with van der Waals surface area (Å²) < 4.78 is 45.3. The van der Waals surface area contributed by atoms with E-state index in [0.717, 1.165) is 28.3 Å². The fraction of sp³-hybridized carbons (Fsp3) is 0.375. The number of anilines is 1. The van der Waals surface area contributed by atoms with Crippen LogP contribution < -0.4 is 23.8 Å². The molecular formula is C32H41N3O7S. The first kappa shape index (κ1) is 33.3. The van der Waals surface area contributed by atoms with Gasteiger partial charge in [-0.15, -0.1) is 0 Å². The molecule has 0 unspecified atom stereocenters. The monoisotopic (exact) mass is 611 g/mol. The zero-order chi connectivity index (χ0) is 31.6. The number of nitrogens with one attached hydrogen (secondary N) is 1. The number of hydrogen-bond acceptors (Lipinski definition) is 7.